The lowest BCUT2D eigenvalue weighted by Crippen LogP contribution is -2.39. The number of methoxy groups -OCH3 is 1. The number of rotatable bonds is 8. The summed E-state index contributed by atoms with van der Waals surface area (Å²) in [4.78, 5) is 16.6. The van der Waals surface area contributed by atoms with Crippen LogP contribution in [-0.4, -0.2) is 48.1 Å². The molecule has 1 heterocycles. The van der Waals surface area contributed by atoms with E-state index in [2.05, 4.69) is 10.3 Å². The number of aliphatic hydroxyl groups is 1. The second-order valence-corrected chi connectivity index (χ2v) is 4.75. The predicted octanol–water partition coefficient (Wildman–Crippen LogP) is 0.687. The Kier molecular flexibility index (Phi) is 7.40. The highest BCUT2D eigenvalue weighted by Crippen LogP contribution is 2.15. The van der Waals surface area contributed by atoms with Crippen LogP contribution >= 0.6 is 11.8 Å². The summed E-state index contributed by atoms with van der Waals surface area (Å²) in [7, 11) is 1.57. The molecule has 1 aromatic rings. The average molecular weight is 270 g/mol. The number of hydrogen-bond acceptors (Lipinski definition) is 5. The molecule has 1 unspecified atom stereocenters. The largest absolute Gasteiger partial charge is 0.396 e. The molecule has 1 atom stereocenters. The number of carbonyl (C=O) groups excluding carboxylic acids is 1. The van der Waals surface area contributed by atoms with E-state index in [1.165, 1.54) is 11.8 Å². The molecular weight excluding hydrogens is 252 g/mol. The lowest BCUT2D eigenvalue weighted by atomic mass is 10.2. The quantitative estimate of drug-likeness (QED) is 0.680. The summed E-state index contributed by atoms with van der Waals surface area (Å²) >= 11 is 1.45. The van der Waals surface area contributed by atoms with Crippen LogP contribution < -0.4 is 5.32 Å². The number of nitrogens with one attached hydrogen (secondary N) is 1. The van der Waals surface area contributed by atoms with Crippen molar-refractivity contribution in [1.82, 2.24) is 10.3 Å². The Labute approximate surface area is 111 Å². The van der Waals surface area contributed by atoms with Crippen LogP contribution in [-0.2, 0) is 9.53 Å². The molecule has 0 aliphatic rings. The van der Waals surface area contributed by atoms with Gasteiger partial charge in [0.05, 0.1) is 18.4 Å². The molecule has 0 saturated heterocycles. The number of thioether (sulfide) groups is 1. The number of ether oxygens (including phenoxy) is 1. The van der Waals surface area contributed by atoms with Crippen LogP contribution in [0.4, 0.5) is 0 Å². The third-order valence-corrected chi connectivity index (χ3v) is 3.24. The number of hydrogen-bond donors (Lipinski definition) is 2. The zero-order valence-corrected chi connectivity index (χ0v) is 11.2. The summed E-state index contributed by atoms with van der Waals surface area (Å²) in [5, 5.41) is 11.7. The van der Waals surface area contributed by atoms with Crippen LogP contribution in [0.1, 0.15) is 6.42 Å². The first-order chi connectivity index (χ1) is 8.76. The van der Waals surface area contributed by atoms with Crippen LogP contribution in [0.2, 0.25) is 0 Å². The summed E-state index contributed by atoms with van der Waals surface area (Å²) in [5.41, 5.74) is 0. The van der Waals surface area contributed by atoms with E-state index in [0.717, 1.165) is 4.90 Å². The highest BCUT2D eigenvalue weighted by molar-refractivity contribution is 8.00. The highest BCUT2D eigenvalue weighted by Gasteiger charge is 2.11. The van der Waals surface area contributed by atoms with Gasteiger partial charge in [0.15, 0.2) is 0 Å². The van der Waals surface area contributed by atoms with Gasteiger partial charge < -0.3 is 15.2 Å². The fourth-order valence-corrected chi connectivity index (χ4v) is 2.10. The zero-order valence-electron chi connectivity index (χ0n) is 10.3. The van der Waals surface area contributed by atoms with Gasteiger partial charge in [0.25, 0.3) is 0 Å². The van der Waals surface area contributed by atoms with Crippen molar-refractivity contribution in [3.63, 3.8) is 0 Å². The Morgan fingerprint density at radius 2 is 2.28 bits per heavy atom. The number of carbonyl (C=O) groups is 1. The van der Waals surface area contributed by atoms with Gasteiger partial charge in [0.2, 0.25) is 5.91 Å². The molecule has 100 valence electrons. The summed E-state index contributed by atoms with van der Waals surface area (Å²) in [6.07, 6.45) is 3.89. The fraction of sp³-hybridized carbons (Fsp3) is 0.500. The van der Waals surface area contributed by atoms with Crippen LogP contribution in [0, 0.1) is 0 Å². The number of amides is 1. The van der Waals surface area contributed by atoms with Crippen LogP contribution in [0.5, 0.6) is 0 Å². The van der Waals surface area contributed by atoms with Crippen LogP contribution in [0.3, 0.4) is 0 Å². The van der Waals surface area contributed by atoms with Gasteiger partial charge in [-0.3, -0.25) is 9.78 Å². The van der Waals surface area contributed by atoms with Gasteiger partial charge in [-0.2, -0.15) is 0 Å². The molecule has 0 spiro atoms. The third-order valence-electron chi connectivity index (χ3n) is 2.23. The molecule has 1 amide bonds. The van der Waals surface area contributed by atoms with E-state index in [0.29, 0.717) is 18.8 Å². The maximum absolute atomic E-state index is 11.7. The maximum atomic E-state index is 11.7. The average Bonchev–Trinajstić information content (AvgIpc) is 2.38. The van der Waals surface area contributed by atoms with Crippen molar-refractivity contribution in [2.24, 2.45) is 0 Å². The number of pyridine rings is 1. The summed E-state index contributed by atoms with van der Waals surface area (Å²) in [6.45, 7) is 0.442. The van der Waals surface area contributed by atoms with Crippen molar-refractivity contribution < 1.29 is 14.6 Å². The van der Waals surface area contributed by atoms with Crippen molar-refractivity contribution in [2.75, 3.05) is 26.1 Å². The lowest BCUT2D eigenvalue weighted by Gasteiger charge is -2.16. The van der Waals surface area contributed by atoms with Crippen LogP contribution in [0.15, 0.2) is 29.4 Å². The molecular formula is C12H18N2O3S. The zero-order chi connectivity index (χ0) is 13.2. The SMILES string of the molecule is COCC(CCO)NC(=O)CSc1ccncc1. The van der Waals surface area contributed by atoms with Crippen molar-refractivity contribution in [3.05, 3.63) is 24.5 Å². The van der Waals surface area contributed by atoms with Crippen LogP contribution in [0.25, 0.3) is 0 Å². The molecule has 0 bridgehead atoms. The maximum Gasteiger partial charge on any atom is 0.230 e. The summed E-state index contributed by atoms with van der Waals surface area (Å²) < 4.78 is 4.98. The summed E-state index contributed by atoms with van der Waals surface area (Å²) in [6, 6.07) is 3.59. The Morgan fingerprint density at radius 3 is 2.89 bits per heavy atom. The van der Waals surface area contributed by atoms with Crippen molar-refractivity contribution >= 4 is 17.7 Å². The van der Waals surface area contributed by atoms with E-state index in [4.69, 9.17) is 9.84 Å². The summed E-state index contributed by atoms with van der Waals surface area (Å²) in [5.74, 6) is 0.280. The van der Waals surface area contributed by atoms with Gasteiger partial charge in [-0.25, -0.2) is 0 Å². The molecule has 2 N–H and O–H groups in total. The first kappa shape index (κ1) is 14.9. The molecule has 1 aromatic heterocycles. The van der Waals surface area contributed by atoms with Gasteiger partial charge in [-0.1, -0.05) is 0 Å². The second kappa shape index (κ2) is 8.91. The molecule has 1 rings (SSSR count). The minimum atomic E-state index is -0.134. The molecule has 18 heavy (non-hydrogen) atoms. The Morgan fingerprint density at radius 1 is 1.56 bits per heavy atom. The Balaban J connectivity index is 2.31. The topological polar surface area (TPSA) is 71.5 Å². The standard InChI is InChI=1S/C12H18N2O3S/c1-17-8-10(4-7-15)14-12(16)9-18-11-2-5-13-6-3-11/h2-3,5-6,10,15H,4,7-9H2,1H3,(H,14,16). The van der Waals surface area contributed by atoms with Gasteiger partial charge in [-0.15, -0.1) is 11.8 Å². The fourth-order valence-electron chi connectivity index (χ4n) is 1.41. The van der Waals surface area contributed by atoms with E-state index in [1.54, 1.807) is 19.5 Å². The normalized spacial score (nSPS) is 12.1. The predicted molar refractivity (Wildman–Crippen MR) is 70.5 cm³/mol. The minimum Gasteiger partial charge on any atom is -0.396 e. The van der Waals surface area contributed by atoms with E-state index >= 15 is 0 Å². The molecule has 0 aromatic carbocycles. The van der Waals surface area contributed by atoms with Crippen molar-refractivity contribution in [1.29, 1.82) is 0 Å². The number of nitrogens with zero attached hydrogens (tertiary/aromatic N) is 1. The number of aromatic nitrogens is 1. The monoisotopic (exact) mass is 270 g/mol. The van der Waals surface area contributed by atoms with E-state index in [9.17, 15) is 4.79 Å². The van der Waals surface area contributed by atoms with Crippen molar-refractivity contribution in [3.8, 4) is 0 Å². The van der Waals surface area contributed by atoms with Gasteiger partial charge >= 0.3 is 0 Å². The molecule has 6 heteroatoms. The molecule has 0 aliphatic heterocycles. The lowest BCUT2D eigenvalue weighted by molar-refractivity contribution is -0.119. The third kappa shape index (κ3) is 6.00. The van der Waals surface area contributed by atoms with Gasteiger partial charge in [-0.05, 0) is 18.6 Å². The van der Waals surface area contributed by atoms with E-state index in [1.807, 2.05) is 12.1 Å². The van der Waals surface area contributed by atoms with Gasteiger partial charge in [0, 0.05) is 31.0 Å². The molecule has 0 fully saturated rings. The second-order valence-electron chi connectivity index (χ2n) is 3.70. The molecule has 0 aliphatic carbocycles. The first-order valence-corrected chi connectivity index (χ1v) is 6.66. The molecule has 0 saturated carbocycles. The minimum absolute atomic E-state index is 0.0335. The number of aliphatic hydroxyl groups excluding tert-OH is 1. The highest BCUT2D eigenvalue weighted by atomic mass is 32.2. The van der Waals surface area contributed by atoms with E-state index < -0.39 is 0 Å². The Bertz CT molecular complexity index is 342. The van der Waals surface area contributed by atoms with E-state index in [-0.39, 0.29) is 18.6 Å². The first-order valence-electron chi connectivity index (χ1n) is 5.68. The molecule has 5 nitrogen and oxygen atoms in total. The Hall–Kier alpha value is -1.11. The smallest absolute Gasteiger partial charge is 0.230 e. The van der Waals surface area contributed by atoms with Crippen molar-refractivity contribution in [2.45, 2.75) is 17.4 Å². The van der Waals surface area contributed by atoms with Gasteiger partial charge in [0.1, 0.15) is 0 Å². The molecule has 0 radical (unpaired) electrons.